The standard InChI is InChI=1S/C12H12N6O2S2/c1-18-12(14-16-17-18)22-6-4-13-11(19)8-7-9(20-15-8)10-3-2-5-21-10/h2-3,5,7H,4,6H2,1H3,(H,13,19). The van der Waals surface area contributed by atoms with Gasteiger partial charge in [-0.15, -0.1) is 16.4 Å². The Hall–Kier alpha value is -2.20. The van der Waals surface area contributed by atoms with E-state index in [1.807, 2.05) is 17.5 Å². The second-order valence-corrected chi connectivity index (χ2v) is 6.25. The van der Waals surface area contributed by atoms with Gasteiger partial charge in [-0.3, -0.25) is 4.79 Å². The first-order valence-electron chi connectivity index (χ1n) is 6.38. The van der Waals surface area contributed by atoms with Crippen LogP contribution < -0.4 is 5.32 Å². The highest BCUT2D eigenvalue weighted by Crippen LogP contribution is 2.25. The number of hydrogen-bond donors (Lipinski definition) is 1. The highest BCUT2D eigenvalue weighted by Gasteiger charge is 2.14. The minimum atomic E-state index is -0.261. The van der Waals surface area contributed by atoms with Gasteiger partial charge in [0.1, 0.15) is 0 Å². The maximum atomic E-state index is 12.0. The van der Waals surface area contributed by atoms with Crippen LogP contribution in [0.4, 0.5) is 0 Å². The van der Waals surface area contributed by atoms with Crippen molar-refractivity contribution in [1.82, 2.24) is 30.7 Å². The van der Waals surface area contributed by atoms with Gasteiger partial charge in [-0.25, -0.2) is 4.68 Å². The van der Waals surface area contributed by atoms with Crippen molar-refractivity contribution in [3.8, 4) is 10.6 Å². The summed E-state index contributed by atoms with van der Waals surface area (Å²) < 4.78 is 6.76. The molecule has 22 heavy (non-hydrogen) atoms. The summed E-state index contributed by atoms with van der Waals surface area (Å²) in [6.45, 7) is 0.484. The quantitative estimate of drug-likeness (QED) is 0.537. The van der Waals surface area contributed by atoms with Crippen molar-refractivity contribution in [3.05, 3.63) is 29.3 Å². The van der Waals surface area contributed by atoms with Gasteiger partial charge in [-0.1, -0.05) is 23.0 Å². The molecule has 3 rings (SSSR count). The van der Waals surface area contributed by atoms with Crippen LogP contribution in [0.15, 0.2) is 33.3 Å². The second-order valence-electron chi connectivity index (χ2n) is 4.24. The molecule has 1 N–H and O–H groups in total. The third-order valence-electron chi connectivity index (χ3n) is 2.71. The van der Waals surface area contributed by atoms with Crippen molar-refractivity contribution >= 4 is 29.0 Å². The van der Waals surface area contributed by atoms with Crippen LogP contribution in [-0.2, 0) is 7.05 Å². The third kappa shape index (κ3) is 3.34. The van der Waals surface area contributed by atoms with Gasteiger partial charge in [0.15, 0.2) is 11.5 Å². The summed E-state index contributed by atoms with van der Waals surface area (Å²) in [5, 5.41) is 20.3. The van der Waals surface area contributed by atoms with Crippen LogP contribution in [-0.4, -0.2) is 43.6 Å². The van der Waals surface area contributed by atoms with Crippen molar-refractivity contribution in [3.63, 3.8) is 0 Å². The number of nitrogens with zero attached hydrogens (tertiary/aromatic N) is 5. The molecule has 0 bridgehead atoms. The molecule has 0 fully saturated rings. The molecule has 3 heterocycles. The molecular weight excluding hydrogens is 324 g/mol. The Labute approximate surface area is 133 Å². The number of nitrogens with one attached hydrogen (secondary N) is 1. The van der Waals surface area contributed by atoms with Crippen molar-refractivity contribution in [2.75, 3.05) is 12.3 Å². The number of amides is 1. The number of hydrogen-bond acceptors (Lipinski definition) is 8. The first-order chi connectivity index (χ1) is 10.7. The number of carbonyl (C=O) groups excluding carboxylic acids is 1. The summed E-state index contributed by atoms with van der Waals surface area (Å²) in [5.41, 5.74) is 0.272. The van der Waals surface area contributed by atoms with Crippen LogP contribution in [0.2, 0.25) is 0 Å². The highest BCUT2D eigenvalue weighted by molar-refractivity contribution is 7.99. The number of thiophene rings is 1. The van der Waals surface area contributed by atoms with Crippen molar-refractivity contribution < 1.29 is 9.32 Å². The number of tetrazole rings is 1. The van der Waals surface area contributed by atoms with Crippen molar-refractivity contribution in [1.29, 1.82) is 0 Å². The number of thioether (sulfide) groups is 1. The van der Waals surface area contributed by atoms with Crippen LogP contribution in [0.1, 0.15) is 10.5 Å². The predicted octanol–water partition coefficient (Wildman–Crippen LogP) is 1.45. The average Bonchev–Trinajstić information content (AvgIpc) is 3.24. The molecule has 8 nitrogen and oxygen atoms in total. The maximum Gasteiger partial charge on any atom is 0.273 e. The lowest BCUT2D eigenvalue weighted by molar-refractivity contribution is 0.0947. The lowest BCUT2D eigenvalue weighted by Crippen LogP contribution is -2.26. The van der Waals surface area contributed by atoms with E-state index in [-0.39, 0.29) is 11.6 Å². The SMILES string of the molecule is Cn1nnnc1SCCNC(=O)c1cc(-c2cccs2)on1. The van der Waals surface area contributed by atoms with E-state index in [0.29, 0.717) is 23.2 Å². The molecule has 1 amide bonds. The molecule has 0 aliphatic heterocycles. The van der Waals surface area contributed by atoms with Crippen LogP contribution in [0.25, 0.3) is 10.6 Å². The highest BCUT2D eigenvalue weighted by atomic mass is 32.2. The largest absolute Gasteiger partial charge is 0.355 e. The fraction of sp³-hybridized carbons (Fsp3) is 0.250. The molecular formula is C12H12N6O2S2. The maximum absolute atomic E-state index is 12.0. The van der Waals surface area contributed by atoms with E-state index in [9.17, 15) is 4.79 Å². The van der Waals surface area contributed by atoms with E-state index in [1.165, 1.54) is 23.1 Å². The fourth-order valence-corrected chi connectivity index (χ4v) is 3.04. The molecule has 10 heteroatoms. The monoisotopic (exact) mass is 336 g/mol. The van der Waals surface area contributed by atoms with E-state index in [0.717, 1.165) is 4.88 Å². The minimum absolute atomic E-state index is 0.261. The molecule has 0 radical (unpaired) electrons. The summed E-state index contributed by atoms with van der Waals surface area (Å²) in [7, 11) is 1.77. The van der Waals surface area contributed by atoms with E-state index in [1.54, 1.807) is 17.8 Å². The van der Waals surface area contributed by atoms with Crippen molar-refractivity contribution in [2.24, 2.45) is 7.05 Å². The van der Waals surface area contributed by atoms with E-state index in [4.69, 9.17) is 4.52 Å². The minimum Gasteiger partial charge on any atom is -0.355 e. The van der Waals surface area contributed by atoms with Crippen LogP contribution >= 0.6 is 23.1 Å². The lowest BCUT2D eigenvalue weighted by Gasteiger charge is -2.01. The molecule has 0 saturated carbocycles. The fourth-order valence-electron chi connectivity index (χ4n) is 1.66. The van der Waals surface area contributed by atoms with Gasteiger partial charge in [-0.2, -0.15) is 0 Å². The van der Waals surface area contributed by atoms with Crippen LogP contribution in [0, 0.1) is 0 Å². The zero-order valence-corrected chi connectivity index (χ0v) is 13.2. The molecule has 0 aliphatic rings. The molecule has 0 spiro atoms. The average molecular weight is 336 g/mol. The van der Waals surface area contributed by atoms with Gasteiger partial charge in [0.2, 0.25) is 5.16 Å². The third-order valence-corrected chi connectivity index (χ3v) is 4.60. The molecule has 0 aliphatic carbocycles. The normalized spacial score (nSPS) is 10.8. The van der Waals surface area contributed by atoms with Crippen molar-refractivity contribution in [2.45, 2.75) is 5.16 Å². The molecule has 3 aromatic rings. The van der Waals surface area contributed by atoms with E-state index >= 15 is 0 Å². The Kier molecular flexibility index (Phi) is 4.49. The van der Waals surface area contributed by atoms with E-state index < -0.39 is 0 Å². The Bertz CT molecular complexity index is 751. The first kappa shape index (κ1) is 14.7. The summed E-state index contributed by atoms with van der Waals surface area (Å²) in [6, 6.07) is 5.47. The Balaban J connectivity index is 1.49. The topological polar surface area (TPSA) is 98.7 Å². The van der Waals surface area contributed by atoms with Crippen LogP contribution in [0.5, 0.6) is 0 Å². The molecule has 0 atom stereocenters. The van der Waals surface area contributed by atoms with Gasteiger partial charge in [0.05, 0.1) is 4.88 Å². The predicted molar refractivity (Wildman–Crippen MR) is 81.7 cm³/mol. The van der Waals surface area contributed by atoms with Crippen LogP contribution in [0.3, 0.4) is 0 Å². The number of aryl methyl sites for hydroxylation is 1. The summed E-state index contributed by atoms with van der Waals surface area (Å²) in [6.07, 6.45) is 0. The number of aromatic nitrogens is 5. The molecule has 114 valence electrons. The summed E-state index contributed by atoms with van der Waals surface area (Å²) in [4.78, 5) is 12.9. The zero-order chi connectivity index (χ0) is 15.4. The Morgan fingerprint density at radius 3 is 3.18 bits per heavy atom. The van der Waals surface area contributed by atoms with Gasteiger partial charge < -0.3 is 9.84 Å². The number of rotatable bonds is 6. The van der Waals surface area contributed by atoms with Gasteiger partial charge in [0, 0.05) is 25.4 Å². The van der Waals surface area contributed by atoms with Gasteiger partial charge in [0.25, 0.3) is 5.91 Å². The Morgan fingerprint density at radius 1 is 1.55 bits per heavy atom. The summed E-state index contributed by atoms with van der Waals surface area (Å²) in [5.74, 6) is 0.998. The molecule has 0 aromatic carbocycles. The molecule has 0 unspecified atom stereocenters. The second kappa shape index (κ2) is 6.71. The Morgan fingerprint density at radius 2 is 2.45 bits per heavy atom. The number of carbonyl (C=O) groups is 1. The molecule has 0 saturated heterocycles. The van der Waals surface area contributed by atoms with Gasteiger partial charge in [-0.05, 0) is 21.9 Å². The molecule has 3 aromatic heterocycles. The zero-order valence-electron chi connectivity index (χ0n) is 11.6. The smallest absolute Gasteiger partial charge is 0.273 e. The van der Waals surface area contributed by atoms with Gasteiger partial charge >= 0.3 is 0 Å². The first-order valence-corrected chi connectivity index (χ1v) is 8.24. The van der Waals surface area contributed by atoms with E-state index in [2.05, 4.69) is 26.0 Å². The lowest BCUT2D eigenvalue weighted by atomic mass is 10.3. The summed E-state index contributed by atoms with van der Waals surface area (Å²) >= 11 is 3.00.